The van der Waals surface area contributed by atoms with Gasteiger partial charge in [0.05, 0.1) is 5.56 Å². The fourth-order valence-corrected chi connectivity index (χ4v) is 0.923. The van der Waals surface area contributed by atoms with Crippen molar-refractivity contribution in [1.29, 1.82) is 0 Å². The summed E-state index contributed by atoms with van der Waals surface area (Å²) < 4.78 is 0. The van der Waals surface area contributed by atoms with Crippen molar-refractivity contribution in [2.45, 2.75) is 0 Å². The normalized spacial score (nSPS) is 9.18. The summed E-state index contributed by atoms with van der Waals surface area (Å²) in [6, 6.07) is 6.26. The quantitative estimate of drug-likeness (QED) is 0.542. The van der Waals surface area contributed by atoms with Gasteiger partial charge in [-0.3, -0.25) is 4.79 Å². The summed E-state index contributed by atoms with van der Waals surface area (Å²) in [6.07, 6.45) is 0. The number of nitroso groups, excluding NO2 is 1. The molecule has 4 heteroatoms. The van der Waals surface area contributed by atoms with Crippen LogP contribution in [0.15, 0.2) is 29.4 Å². The molecule has 0 aliphatic carbocycles. The molecule has 0 saturated heterocycles. The first-order chi connectivity index (χ1) is 5.25. The molecule has 0 bridgehead atoms. The molecule has 0 unspecified atom stereocenters. The van der Waals surface area contributed by atoms with Crippen LogP contribution in [0, 0.1) is 4.91 Å². The third kappa shape index (κ3) is 1.65. The Labute approximate surface area is 68.8 Å². The number of rotatable bonds is 2. The predicted octanol–water partition coefficient (Wildman–Crippen LogP) is 2.15. The van der Waals surface area contributed by atoms with Crippen molar-refractivity contribution in [3.05, 3.63) is 34.7 Å². The lowest BCUT2D eigenvalue weighted by Crippen LogP contribution is -1.87. The Morgan fingerprint density at radius 2 is 2.00 bits per heavy atom. The van der Waals surface area contributed by atoms with Crippen molar-refractivity contribution in [2.75, 3.05) is 0 Å². The zero-order valence-corrected chi connectivity index (χ0v) is 6.41. The predicted molar refractivity (Wildman–Crippen MR) is 45.2 cm³/mol. The highest BCUT2D eigenvalue weighted by atomic mass is 32.1. The van der Waals surface area contributed by atoms with Gasteiger partial charge in [0.25, 0.3) is 0 Å². The van der Waals surface area contributed by atoms with E-state index in [4.69, 9.17) is 0 Å². The van der Waals surface area contributed by atoms with Gasteiger partial charge in [-0.25, -0.2) is 0 Å². The van der Waals surface area contributed by atoms with Gasteiger partial charge in [-0.2, -0.15) is 0 Å². The summed E-state index contributed by atoms with van der Waals surface area (Å²) in [7, 11) is 0. The van der Waals surface area contributed by atoms with Crippen LogP contribution in [-0.2, 0) is 0 Å². The van der Waals surface area contributed by atoms with Crippen LogP contribution < -0.4 is 0 Å². The van der Waals surface area contributed by atoms with Gasteiger partial charge in [-0.15, -0.1) is 17.5 Å². The molecule has 0 spiro atoms. The zero-order chi connectivity index (χ0) is 8.27. The van der Waals surface area contributed by atoms with E-state index in [0.717, 1.165) is 0 Å². The zero-order valence-electron chi connectivity index (χ0n) is 5.52. The van der Waals surface area contributed by atoms with E-state index in [1.807, 2.05) is 0 Å². The van der Waals surface area contributed by atoms with Crippen molar-refractivity contribution >= 4 is 23.4 Å². The van der Waals surface area contributed by atoms with Gasteiger partial charge < -0.3 is 0 Å². The van der Waals surface area contributed by atoms with E-state index < -0.39 is 5.12 Å². The lowest BCUT2D eigenvalue weighted by molar-refractivity contribution is 0.109. The van der Waals surface area contributed by atoms with E-state index in [2.05, 4.69) is 17.8 Å². The highest BCUT2D eigenvalue weighted by molar-refractivity contribution is 7.97. The average molecular weight is 167 g/mol. The van der Waals surface area contributed by atoms with Crippen molar-refractivity contribution < 1.29 is 4.79 Å². The minimum absolute atomic E-state index is 0.132. The molecule has 3 nitrogen and oxygen atoms in total. The Morgan fingerprint density at radius 1 is 1.36 bits per heavy atom. The second-order valence-corrected chi connectivity index (χ2v) is 2.32. The number of hydrogen-bond acceptors (Lipinski definition) is 3. The van der Waals surface area contributed by atoms with Crippen LogP contribution in [-0.4, -0.2) is 5.12 Å². The molecule has 0 aliphatic heterocycles. The van der Waals surface area contributed by atoms with E-state index in [0.29, 0.717) is 0 Å². The second kappa shape index (κ2) is 3.30. The van der Waals surface area contributed by atoms with Crippen LogP contribution in [0.3, 0.4) is 0 Å². The molecule has 0 fully saturated rings. The first-order valence-electron chi connectivity index (χ1n) is 2.91. The molecule has 1 rings (SSSR count). The summed E-state index contributed by atoms with van der Waals surface area (Å²) in [5.41, 5.74) is 0.373. The maximum Gasteiger partial charge on any atom is 0.218 e. The van der Waals surface area contributed by atoms with E-state index in [-0.39, 0.29) is 11.3 Å². The maximum atomic E-state index is 10.7. The Balaban J connectivity index is 3.22. The average Bonchev–Trinajstić information content (AvgIpc) is 2.04. The minimum Gasteiger partial charge on any atom is -0.282 e. The van der Waals surface area contributed by atoms with Gasteiger partial charge in [0, 0.05) is 0 Å². The summed E-state index contributed by atoms with van der Waals surface area (Å²) in [5.74, 6) is 0. The van der Waals surface area contributed by atoms with E-state index in [1.54, 1.807) is 12.1 Å². The molecule has 0 amide bonds. The molecule has 0 radical (unpaired) electrons. The molecule has 0 aromatic heterocycles. The number of carbonyl (C=O) groups excluding carboxylic acids is 1. The van der Waals surface area contributed by atoms with Crippen molar-refractivity contribution in [1.82, 2.24) is 0 Å². The Kier molecular flexibility index (Phi) is 2.38. The van der Waals surface area contributed by atoms with Gasteiger partial charge in [0.15, 0.2) is 0 Å². The highest BCUT2D eigenvalue weighted by Gasteiger charge is 2.05. The van der Waals surface area contributed by atoms with Gasteiger partial charge in [-0.1, -0.05) is 12.1 Å². The van der Waals surface area contributed by atoms with Crippen LogP contribution >= 0.6 is 12.6 Å². The molecule has 56 valence electrons. The summed E-state index contributed by atoms with van der Waals surface area (Å²) in [5, 5.41) is 2.23. The molecule has 0 atom stereocenters. The Hall–Kier alpha value is -1.16. The van der Waals surface area contributed by atoms with Gasteiger partial charge in [-0.05, 0) is 17.3 Å². The molecule has 1 aromatic carbocycles. The standard InChI is InChI=1S/C7H5NO2S/c9-7(11)5-3-1-2-4-6(5)8-10/h1-4H,(H,9,11). The third-order valence-corrected chi connectivity index (χ3v) is 1.47. The molecule has 11 heavy (non-hydrogen) atoms. The molecule has 0 saturated carbocycles. The number of nitrogens with zero attached hydrogens (tertiary/aromatic N) is 1. The molecule has 0 aliphatic rings. The first-order valence-corrected chi connectivity index (χ1v) is 3.36. The fourth-order valence-electron chi connectivity index (χ4n) is 0.734. The fraction of sp³-hybridized carbons (Fsp3) is 0. The van der Waals surface area contributed by atoms with E-state index in [1.165, 1.54) is 12.1 Å². The van der Waals surface area contributed by atoms with Crippen LogP contribution in [0.5, 0.6) is 0 Å². The summed E-state index contributed by atoms with van der Waals surface area (Å²) >= 11 is 3.57. The lowest BCUT2D eigenvalue weighted by atomic mass is 10.2. The summed E-state index contributed by atoms with van der Waals surface area (Å²) in [6.45, 7) is 0. The first kappa shape index (κ1) is 7.94. The second-order valence-electron chi connectivity index (χ2n) is 1.91. The van der Waals surface area contributed by atoms with Gasteiger partial charge in [0.2, 0.25) is 5.12 Å². The Morgan fingerprint density at radius 3 is 2.45 bits per heavy atom. The van der Waals surface area contributed by atoms with Crippen molar-refractivity contribution in [3.63, 3.8) is 0 Å². The molecular weight excluding hydrogens is 162 g/mol. The highest BCUT2D eigenvalue weighted by Crippen LogP contribution is 2.19. The minimum atomic E-state index is -0.444. The number of thiol groups is 1. The molecule has 1 aromatic rings. The number of hydrogen-bond donors (Lipinski definition) is 1. The monoisotopic (exact) mass is 167 g/mol. The summed E-state index contributed by atoms with van der Waals surface area (Å²) in [4.78, 5) is 20.8. The topological polar surface area (TPSA) is 46.5 Å². The van der Waals surface area contributed by atoms with Crippen LogP contribution in [0.25, 0.3) is 0 Å². The van der Waals surface area contributed by atoms with Crippen molar-refractivity contribution in [2.24, 2.45) is 5.18 Å². The lowest BCUT2D eigenvalue weighted by Gasteiger charge is -1.94. The SMILES string of the molecule is O=Nc1ccccc1C(=O)S. The molecule has 0 heterocycles. The molecular formula is C7H5NO2S. The Bertz CT molecular complexity index is 298. The van der Waals surface area contributed by atoms with Crippen LogP contribution in [0.4, 0.5) is 5.69 Å². The van der Waals surface area contributed by atoms with Gasteiger partial charge >= 0.3 is 0 Å². The molecule has 0 N–H and O–H groups in total. The largest absolute Gasteiger partial charge is 0.282 e. The maximum absolute atomic E-state index is 10.7. The smallest absolute Gasteiger partial charge is 0.218 e. The number of carbonyl (C=O) groups is 1. The van der Waals surface area contributed by atoms with E-state index >= 15 is 0 Å². The van der Waals surface area contributed by atoms with E-state index in [9.17, 15) is 9.70 Å². The number of benzene rings is 1. The van der Waals surface area contributed by atoms with Crippen LogP contribution in [0.2, 0.25) is 0 Å². The third-order valence-electron chi connectivity index (χ3n) is 1.23. The van der Waals surface area contributed by atoms with Crippen LogP contribution in [0.1, 0.15) is 10.4 Å². The van der Waals surface area contributed by atoms with Crippen molar-refractivity contribution in [3.8, 4) is 0 Å². The van der Waals surface area contributed by atoms with Gasteiger partial charge in [0.1, 0.15) is 5.69 Å².